The molecule has 0 saturated heterocycles. The minimum absolute atomic E-state index is 0.0203. The molecule has 6 nitrogen and oxygen atoms in total. The van der Waals surface area contributed by atoms with E-state index < -0.39 is 11.3 Å². The number of benzene rings is 1. The quantitative estimate of drug-likeness (QED) is 0.886. The Morgan fingerprint density at radius 2 is 1.96 bits per heavy atom. The average molecular weight is 382 g/mol. The van der Waals surface area contributed by atoms with Crippen molar-refractivity contribution in [3.8, 4) is 5.75 Å². The Bertz CT molecular complexity index is 909. The standard InChI is InChI=1S/C17H17Cl2N3O3/c1-9(2)21-6-7-22-12(8-10-4-3-5-11(18)13(10)19)20-16(24)15(23)14(22)17(21)25/h3-5,9,23H,6-8H2,1-2H3. The summed E-state index contributed by atoms with van der Waals surface area (Å²) in [6, 6.07) is 5.18. The Labute approximate surface area is 154 Å². The first-order valence-electron chi connectivity index (χ1n) is 7.87. The number of amides is 1. The molecule has 1 aliphatic heterocycles. The molecule has 132 valence electrons. The van der Waals surface area contributed by atoms with Crippen LogP contribution < -0.4 is 5.56 Å². The summed E-state index contributed by atoms with van der Waals surface area (Å²) >= 11 is 12.3. The molecule has 2 aromatic rings. The van der Waals surface area contributed by atoms with Gasteiger partial charge in [0.2, 0.25) is 5.75 Å². The Morgan fingerprint density at radius 1 is 1.24 bits per heavy atom. The summed E-state index contributed by atoms with van der Waals surface area (Å²) in [4.78, 5) is 30.3. The second-order valence-electron chi connectivity index (χ2n) is 6.16. The normalized spacial score (nSPS) is 14.1. The van der Waals surface area contributed by atoms with Crippen LogP contribution in [-0.4, -0.2) is 38.1 Å². The number of carbonyl (C=O) groups is 1. The van der Waals surface area contributed by atoms with Gasteiger partial charge < -0.3 is 14.6 Å². The fraction of sp³-hybridized carbons (Fsp3) is 0.353. The number of hydrogen-bond acceptors (Lipinski definition) is 4. The second kappa shape index (κ2) is 6.69. The molecule has 0 unspecified atom stereocenters. The van der Waals surface area contributed by atoms with Gasteiger partial charge in [0, 0.05) is 25.6 Å². The lowest BCUT2D eigenvalue weighted by atomic mass is 10.1. The van der Waals surface area contributed by atoms with Gasteiger partial charge >= 0.3 is 5.56 Å². The smallest absolute Gasteiger partial charge is 0.315 e. The summed E-state index contributed by atoms with van der Waals surface area (Å²) in [6.45, 7) is 4.69. The summed E-state index contributed by atoms with van der Waals surface area (Å²) in [6.07, 6.45) is 0.233. The lowest BCUT2D eigenvalue weighted by Crippen LogP contribution is -2.46. The van der Waals surface area contributed by atoms with Crippen LogP contribution in [0.25, 0.3) is 0 Å². The van der Waals surface area contributed by atoms with E-state index in [0.717, 1.165) is 0 Å². The van der Waals surface area contributed by atoms with Crippen LogP contribution in [0.3, 0.4) is 0 Å². The molecule has 1 amide bonds. The van der Waals surface area contributed by atoms with Crippen molar-refractivity contribution < 1.29 is 9.90 Å². The summed E-state index contributed by atoms with van der Waals surface area (Å²) in [7, 11) is 0. The fourth-order valence-corrected chi connectivity index (χ4v) is 3.36. The van der Waals surface area contributed by atoms with Crippen molar-refractivity contribution in [1.82, 2.24) is 14.5 Å². The van der Waals surface area contributed by atoms with Gasteiger partial charge in [-0.15, -0.1) is 0 Å². The summed E-state index contributed by atoms with van der Waals surface area (Å²) in [5, 5.41) is 10.9. The predicted molar refractivity (Wildman–Crippen MR) is 95.6 cm³/mol. The predicted octanol–water partition coefficient (Wildman–Crippen LogP) is 2.71. The van der Waals surface area contributed by atoms with Crippen LogP contribution in [0, 0.1) is 0 Å². The van der Waals surface area contributed by atoms with Crippen LogP contribution in [-0.2, 0) is 13.0 Å². The van der Waals surface area contributed by atoms with Crippen LogP contribution in [0.2, 0.25) is 10.0 Å². The zero-order valence-corrected chi connectivity index (χ0v) is 15.3. The van der Waals surface area contributed by atoms with Gasteiger partial charge in [-0.3, -0.25) is 9.59 Å². The topological polar surface area (TPSA) is 75.4 Å². The van der Waals surface area contributed by atoms with Gasteiger partial charge in [-0.25, -0.2) is 0 Å². The third-order valence-electron chi connectivity index (χ3n) is 4.27. The van der Waals surface area contributed by atoms with Crippen LogP contribution in [0.15, 0.2) is 23.0 Å². The molecule has 3 rings (SSSR count). The first-order valence-corrected chi connectivity index (χ1v) is 8.63. The maximum atomic E-state index is 12.7. The highest BCUT2D eigenvalue weighted by molar-refractivity contribution is 6.42. The molecule has 0 spiro atoms. The molecule has 0 bridgehead atoms. The molecule has 1 aromatic carbocycles. The number of nitrogens with zero attached hydrogens (tertiary/aromatic N) is 3. The SMILES string of the molecule is CC(C)N1CCn2c(Cc3cccc(Cl)c3Cl)nc(=O)c(O)c2C1=O. The highest BCUT2D eigenvalue weighted by atomic mass is 35.5. The Balaban J connectivity index is 2.12. The molecular formula is C17H17Cl2N3O3. The van der Waals surface area contributed by atoms with Gasteiger partial charge in [0.25, 0.3) is 5.91 Å². The van der Waals surface area contributed by atoms with Crippen LogP contribution in [0.4, 0.5) is 0 Å². The molecule has 0 aliphatic carbocycles. The molecule has 0 saturated carbocycles. The van der Waals surface area contributed by atoms with E-state index in [2.05, 4.69) is 4.98 Å². The second-order valence-corrected chi connectivity index (χ2v) is 6.95. The highest BCUT2D eigenvalue weighted by Crippen LogP contribution is 2.28. The lowest BCUT2D eigenvalue weighted by molar-refractivity contribution is 0.0638. The Hall–Kier alpha value is -2.05. The Kier molecular flexibility index (Phi) is 4.75. The number of carbonyl (C=O) groups excluding carboxylic acids is 1. The van der Waals surface area contributed by atoms with E-state index >= 15 is 0 Å². The third kappa shape index (κ3) is 3.12. The number of rotatable bonds is 3. The molecule has 1 aromatic heterocycles. The Morgan fingerprint density at radius 3 is 2.64 bits per heavy atom. The summed E-state index contributed by atoms with van der Waals surface area (Å²) < 4.78 is 1.59. The molecule has 0 atom stereocenters. The minimum Gasteiger partial charge on any atom is -0.501 e. The zero-order valence-electron chi connectivity index (χ0n) is 13.8. The van der Waals surface area contributed by atoms with Crippen molar-refractivity contribution in [2.24, 2.45) is 0 Å². The molecule has 0 radical (unpaired) electrons. The number of fused-ring (bicyclic) bond motifs is 1. The van der Waals surface area contributed by atoms with Crippen LogP contribution in [0.1, 0.15) is 35.7 Å². The van der Waals surface area contributed by atoms with E-state index in [1.54, 1.807) is 27.7 Å². The highest BCUT2D eigenvalue weighted by Gasteiger charge is 2.32. The first-order chi connectivity index (χ1) is 11.8. The third-order valence-corrected chi connectivity index (χ3v) is 5.13. The molecule has 2 heterocycles. The van der Waals surface area contributed by atoms with Crippen LogP contribution >= 0.6 is 23.2 Å². The monoisotopic (exact) mass is 381 g/mol. The average Bonchev–Trinajstić information content (AvgIpc) is 2.56. The van der Waals surface area contributed by atoms with Crippen molar-refractivity contribution in [2.75, 3.05) is 6.54 Å². The van der Waals surface area contributed by atoms with E-state index in [-0.39, 0.29) is 24.1 Å². The van der Waals surface area contributed by atoms with Gasteiger partial charge in [-0.1, -0.05) is 35.3 Å². The van der Waals surface area contributed by atoms with Crippen molar-refractivity contribution in [1.29, 1.82) is 0 Å². The zero-order chi connectivity index (χ0) is 18.3. The molecule has 1 N–H and O–H groups in total. The number of halogens is 2. The van der Waals surface area contributed by atoms with Crippen molar-refractivity contribution in [3.05, 3.63) is 55.7 Å². The largest absolute Gasteiger partial charge is 0.501 e. The van der Waals surface area contributed by atoms with E-state index in [0.29, 0.717) is 34.5 Å². The molecule has 25 heavy (non-hydrogen) atoms. The van der Waals surface area contributed by atoms with Crippen molar-refractivity contribution in [2.45, 2.75) is 32.9 Å². The van der Waals surface area contributed by atoms with Gasteiger partial charge in [0.1, 0.15) is 5.82 Å². The van der Waals surface area contributed by atoms with E-state index in [1.807, 2.05) is 13.8 Å². The van der Waals surface area contributed by atoms with Gasteiger partial charge in [0.05, 0.1) is 10.0 Å². The maximum absolute atomic E-state index is 12.7. The van der Waals surface area contributed by atoms with Gasteiger partial charge in [-0.05, 0) is 25.5 Å². The molecule has 0 fully saturated rings. The van der Waals surface area contributed by atoms with Crippen molar-refractivity contribution in [3.63, 3.8) is 0 Å². The van der Waals surface area contributed by atoms with Crippen molar-refractivity contribution >= 4 is 29.1 Å². The molecule has 8 heteroatoms. The molecule has 1 aliphatic rings. The number of aromatic nitrogens is 2. The van der Waals surface area contributed by atoms with E-state index in [9.17, 15) is 14.7 Å². The lowest BCUT2D eigenvalue weighted by Gasteiger charge is -2.33. The van der Waals surface area contributed by atoms with Gasteiger partial charge in [0.15, 0.2) is 5.69 Å². The number of hydrogen-bond donors (Lipinski definition) is 1. The van der Waals surface area contributed by atoms with Gasteiger partial charge in [-0.2, -0.15) is 4.98 Å². The van der Waals surface area contributed by atoms with E-state index in [4.69, 9.17) is 23.2 Å². The summed E-state index contributed by atoms with van der Waals surface area (Å²) in [5.41, 5.74) is -0.147. The number of aromatic hydroxyl groups is 1. The fourth-order valence-electron chi connectivity index (χ4n) is 2.97. The minimum atomic E-state index is -0.821. The molecular weight excluding hydrogens is 365 g/mol. The van der Waals surface area contributed by atoms with Crippen LogP contribution in [0.5, 0.6) is 5.75 Å². The van der Waals surface area contributed by atoms with E-state index in [1.165, 1.54) is 0 Å². The summed E-state index contributed by atoms with van der Waals surface area (Å²) in [5.74, 6) is -0.619. The maximum Gasteiger partial charge on any atom is 0.315 e. The first kappa shape index (κ1) is 17.8.